The number of hydrogen-bond donors (Lipinski definition) is 2. The van der Waals surface area contributed by atoms with E-state index in [9.17, 15) is 5.11 Å². The number of pyridine rings is 1. The maximum Gasteiger partial charge on any atom is 0.158 e. The van der Waals surface area contributed by atoms with Crippen molar-refractivity contribution >= 4 is 16.6 Å². The van der Waals surface area contributed by atoms with Crippen molar-refractivity contribution in [2.45, 2.75) is 33.2 Å². The van der Waals surface area contributed by atoms with Gasteiger partial charge >= 0.3 is 0 Å². The Bertz CT molecular complexity index is 987. The average molecular weight is 364 g/mol. The summed E-state index contributed by atoms with van der Waals surface area (Å²) in [4.78, 5) is 4.28. The van der Waals surface area contributed by atoms with Gasteiger partial charge in [0.1, 0.15) is 11.4 Å². The number of phenolic OH excluding ortho intramolecular Hbond substituents is 1. The molecule has 1 saturated heterocycles. The van der Waals surface area contributed by atoms with Crippen molar-refractivity contribution in [1.82, 2.24) is 15.2 Å². The second-order valence-electron chi connectivity index (χ2n) is 7.87. The molecule has 0 radical (unpaired) electrons. The van der Waals surface area contributed by atoms with Crippen molar-refractivity contribution < 1.29 is 9.84 Å². The first kappa shape index (κ1) is 17.7. The van der Waals surface area contributed by atoms with E-state index < -0.39 is 0 Å². The third kappa shape index (κ3) is 3.32. The number of aromatic nitrogens is 3. The van der Waals surface area contributed by atoms with Gasteiger partial charge < -0.3 is 15.2 Å². The average Bonchev–Trinajstić information content (AvgIpc) is 2.64. The number of benzene rings is 1. The molecule has 140 valence electrons. The first-order valence-corrected chi connectivity index (χ1v) is 9.20. The zero-order valence-corrected chi connectivity index (χ0v) is 15.9. The van der Waals surface area contributed by atoms with Crippen molar-refractivity contribution in [2.24, 2.45) is 5.41 Å². The monoisotopic (exact) mass is 364 g/mol. The topological polar surface area (TPSA) is 80.2 Å². The van der Waals surface area contributed by atoms with E-state index in [2.05, 4.69) is 34.3 Å². The van der Waals surface area contributed by atoms with E-state index in [1.807, 2.05) is 25.1 Å². The van der Waals surface area contributed by atoms with Crippen LogP contribution in [0.3, 0.4) is 0 Å². The van der Waals surface area contributed by atoms with Crippen LogP contribution in [0.5, 0.6) is 5.75 Å². The lowest BCUT2D eigenvalue weighted by Gasteiger charge is -2.39. The lowest BCUT2D eigenvalue weighted by atomic mass is 9.82. The highest BCUT2D eigenvalue weighted by molar-refractivity contribution is 6.00. The van der Waals surface area contributed by atoms with E-state index in [4.69, 9.17) is 4.74 Å². The number of hydrogen-bond acceptors (Lipinski definition) is 6. The van der Waals surface area contributed by atoms with E-state index >= 15 is 0 Å². The van der Waals surface area contributed by atoms with E-state index in [1.54, 1.807) is 18.5 Å². The van der Waals surface area contributed by atoms with Gasteiger partial charge in [0, 0.05) is 46.8 Å². The summed E-state index contributed by atoms with van der Waals surface area (Å²) in [5, 5.41) is 24.7. The summed E-state index contributed by atoms with van der Waals surface area (Å²) in [6, 6.07) is 7.73. The van der Waals surface area contributed by atoms with Crippen molar-refractivity contribution in [3.05, 3.63) is 42.2 Å². The van der Waals surface area contributed by atoms with Gasteiger partial charge in [-0.2, -0.15) is 0 Å². The lowest BCUT2D eigenvalue weighted by molar-refractivity contribution is 0.00340. The number of rotatable bonds is 3. The minimum atomic E-state index is 0.00234. The summed E-state index contributed by atoms with van der Waals surface area (Å²) in [5.74, 6) is 0.919. The Kier molecular flexibility index (Phi) is 4.44. The molecule has 4 rings (SSSR count). The van der Waals surface area contributed by atoms with Gasteiger partial charge in [0.2, 0.25) is 0 Å². The molecule has 0 aliphatic carbocycles. The molecule has 0 spiro atoms. The van der Waals surface area contributed by atoms with Crippen LogP contribution in [0, 0.1) is 12.3 Å². The second kappa shape index (κ2) is 6.78. The Hall–Kier alpha value is -2.73. The van der Waals surface area contributed by atoms with Crippen LogP contribution >= 0.6 is 0 Å². The summed E-state index contributed by atoms with van der Waals surface area (Å²) in [6.07, 6.45) is 4.45. The van der Waals surface area contributed by atoms with Gasteiger partial charge in [0.15, 0.2) is 5.82 Å². The molecule has 3 aromatic rings. The Morgan fingerprint density at radius 2 is 2.04 bits per heavy atom. The van der Waals surface area contributed by atoms with Crippen LogP contribution in [-0.2, 0) is 4.74 Å². The van der Waals surface area contributed by atoms with Crippen LogP contribution in [-0.4, -0.2) is 39.5 Å². The summed E-state index contributed by atoms with van der Waals surface area (Å²) in [7, 11) is 0. The van der Waals surface area contributed by atoms with Crippen LogP contribution in [0.2, 0.25) is 0 Å². The molecule has 0 saturated carbocycles. The zero-order valence-electron chi connectivity index (χ0n) is 15.9. The second-order valence-corrected chi connectivity index (χ2v) is 7.87. The molecule has 3 heterocycles. The van der Waals surface area contributed by atoms with Crippen molar-refractivity contribution in [3.63, 3.8) is 0 Å². The Morgan fingerprint density at radius 1 is 1.19 bits per heavy atom. The highest BCUT2D eigenvalue weighted by atomic mass is 16.5. The highest BCUT2D eigenvalue weighted by Gasteiger charge is 2.33. The van der Waals surface area contributed by atoms with Gasteiger partial charge in [0.05, 0.1) is 6.61 Å². The highest BCUT2D eigenvalue weighted by Crippen LogP contribution is 2.36. The Morgan fingerprint density at radius 3 is 2.81 bits per heavy atom. The first-order valence-electron chi connectivity index (χ1n) is 9.20. The number of nitrogens with one attached hydrogen (secondary N) is 1. The molecule has 27 heavy (non-hydrogen) atoms. The maximum absolute atomic E-state index is 10.4. The van der Waals surface area contributed by atoms with E-state index in [0.717, 1.165) is 29.4 Å². The van der Waals surface area contributed by atoms with Gasteiger partial charge in [-0.25, -0.2) is 0 Å². The molecular weight excluding hydrogens is 340 g/mol. The zero-order chi connectivity index (χ0) is 19.0. The lowest BCUT2D eigenvalue weighted by Crippen LogP contribution is -2.44. The number of fused-ring (bicyclic) bond motifs is 1. The largest absolute Gasteiger partial charge is 0.507 e. The number of aryl methyl sites for hydroxylation is 1. The Balaban J connectivity index is 1.79. The molecule has 1 aliphatic rings. The van der Waals surface area contributed by atoms with Gasteiger partial charge in [0.25, 0.3) is 0 Å². The van der Waals surface area contributed by atoms with E-state index in [0.29, 0.717) is 23.7 Å². The summed E-state index contributed by atoms with van der Waals surface area (Å²) >= 11 is 0. The fraction of sp³-hybridized carbons (Fsp3) is 0.381. The maximum atomic E-state index is 10.4. The fourth-order valence-corrected chi connectivity index (χ4v) is 3.61. The number of nitrogens with zero attached hydrogens (tertiary/aromatic N) is 3. The molecule has 2 N–H and O–H groups in total. The van der Waals surface area contributed by atoms with Crippen LogP contribution < -0.4 is 5.32 Å². The van der Waals surface area contributed by atoms with Crippen LogP contribution in [0.1, 0.15) is 25.8 Å². The molecule has 1 aliphatic heterocycles. The van der Waals surface area contributed by atoms with Crippen LogP contribution in [0.15, 0.2) is 36.7 Å². The predicted molar refractivity (Wildman–Crippen MR) is 106 cm³/mol. The standard InChI is InChI=1S/C21H24N4O2/c1-13-4-5-15(17(26)10-13)19-14-6-8-22-11-16(14)20(25-24-19)23-18-7-9-27-12-21(18,2)3/h4-6,8,10-11,18,26H,7,9,12H2,1-3H3,(H,23,25). The van der Waals surface area contributed by atoms with Crippen molar-refractivity contribution in [3.8, 4) is 17.0 Å². The molecular formula is C21H24N4O2. The van der Waals surface area contributed by atoms with Crippen LogP contribution in [0.25, 0.3) is 22.0 Å². The van der Waals surface area contributed by atoms with Crippen molar-refractivity contribution in [2.75, 3.05) is 18.5 Å². The number of ether oxygens (including phenoxy) is 1. The molecule has 0 amide bonds. The molecule has 2 aromatic heterocycles. The molecule has 1 aromatic carbocycles. The predicted octanol–water partition coefficient (Wildman–Crippen LogP) is 3.93. The van der Waals surface area contributed by atoms with E-state index in [-0.39, 0.29) is 17.2 Å². The van der Waals surface area contributed by atoms with Crippen LogP contribution in [0.4, 0.5) is 5.82 Å². The van der Waals surface area contributed by atoms with Gasteiger partial charge in [-0.15, -0.1) is 10.2 Å². The van der Waals surface area contributed by atoms with E-state index in [1.165, 1.54) is 0 Å². The molecule has 6 heteroatoms. The summed E-state index contributed by atoms with van der Waals surface area (Å²) < 4.78 is 5.62. The SMILES string of the molecule is Cc1ccc(-c2nnc(NC3CCOCC3(C)C)c3cnccc23)c(O)c1. The molecule has 6 nitrogen and oxygen atoms in total. The molecule has 1 fully saturated rings. The quantitative estimate of drug-likeness (QED) is 0.733. The molecule has 0 bridgehead atoms. The van der Waals surface area contributed by atoms with Gasteiger partial charge in [-0.05, 0) is 37.1 Å². The van der Waals surface area contributed by atoms with Crippen molar-refractivity contribution in [1.29, 1.82) is 0 Å². The van der Waals surface area contributed by atoms with Gasteiger partial charge in [-0.3, -0.25) is 4.98 Å². The first-order chi connectivity index (χ1) is 13.0. The number of aromatic hydroxyl groups is 1. The third-order valence-electron chi connectivity index (χ3n) is 5.27. The smallest absolute Gasteiger partial charge is 0.158 e. The number of phenols is 1. The number of anilines is 1. The normalized spacial score (nSPS) is 19.1. The Labute approximate surface area is 158 Å². The summed E-state index contributed by atoms with van der Waals surface area (Å²) in [5.41, 5.74) is 2.32. The molecule has 1 atom stereocenters. The minimum absolute atomic E-state index is 0.00234. The minimum Gasteiger partial charge on any atom is -0.507 e. The fourth-order valence-electron chi connectivity index (χ4n) is 3.61. The third-order valence-corrected chi connectivity index (χ3v) is 5.27. The summed E-state index contributed by atoms with van der Waals surface area (Å²) in [6.45, 7) is 7.77. The van der Waals surface area contributed by atoms with Gasteiger partial charge in [-0.1, -0.05) is 19.9 Å². The molecule has 1 unspecified atom stereocenters.